The summed E-state index contributed by atoms with van der Waals surface area (Å²) in [6.07, 6.45) is -1.75. The third-order valence-electron chi connectivity index (χ3n) is 3.34. The van der Waals surface area contributed by atoms with Crippen molar-refractivity contribution in [3.05, 3.63) is 58.1 Å². The van der Waals surface area contributed by atoms with E-state index in [9.17, 15) is 15.0 Å². The lowest BCUT2D eigenvalue weighted by Gasteiger charge is -2.18. The number of hydrogen-bond donors (Lipinski definition) is 3. The number of benzene rings is 1. The van der Waals surface area contributed by atoms with E-state index in [-0.39, 0.29) is 35.6 Å². The van der Waals surface area contributed by atoms with E-state index < -0.39 is 18.3 Å². The minimum Gasteiger partial charge on any atom is -0.445 e. The van der Waals surface area contributed by atoms with Crippen molar-refractivity contribution in [1.29, 1.82) is 0 Å². The fourth-order valence-corrected chi connectivity index (χ4v) is 2.43. The summed E-state index contributed by atoms with van der Waals surface area (Å²) in [5, 5.41) is 22.5. The van der Waals surface area contributed by atoms with Crippen molar-refractivity contribution >= 4 is 29.3 Å². The minimum absolute atomic E-state index is 0.0400. The van der Waals surface area contributed by atoms with Gasteiger partial charge in [0.2, 0.25) is 5.28 Å². The van der Waals surface area contributed by atoms with Crippen LogP contribution in [0, 0.1) is 0 Å². The molecule has 1 aromatic heterocycles. The van der Waals surface area contributed by atoms with Crippen molar-refractivity contribution in [2.24, 2.45) is 0 Å². The number of ether oxygens (including phenoxy) is 1. The molecule has 1 heterocycles. The van der Waals surface area contributed by atoms with Gasteiger partial charge in [0.25, 0.3) is 0 Å². The largest absolute Gasteiger partial charge is 0.445 e. The molecule has 1 amide bonds. The Kier molecular flexibility index (Phi) is 7.39. The molecule has 2 unspecified atom stereocenters. The van der Waals surface area contributed by atoms with Gasteiger partial charge in [-0.3, -0.25) is 0 Å². The summed E-state index contributed by atoms with van der Waals surface area (Å²) < 4.78 is 5.04. The number of aliphatic hydroxyl groups is 2. The quantitative estimate of drug-likeness (QED) is 0.499. The predicted octanol–water partition coefficient (Wildman–Crippen LogP) is 2.49. The van der Waals surface area contributed by atoms with Crippen LogP contribution in [0.5, 0.6) is 0 Å². The maximum absolute atomic E-state index is 11.6. The predicted molar refractivity (Wildman–Crippen MR) is 92.3 cm³/mol. The molecule has 2 rings (SSSR count). The lowest BCUT2D eigenvalue weighted by molar-refractivity contribution is 0.0133. The first kappa shape index (κ1) is 19.4. The smallest absolute Gasteiger partial charge is 0.407 e. The standard InChI is InChI=1S/C16H17Cl2N3O4/c17-14-11(8-20-15(18)21-14)13(23)12(22)6-7-19-16(24)25-9-10-4-2-1-3-5-10/h1-5,8,12-13,22-23H,6-7,9H2,(H,19,24). The van der Waals surface area contributed by atoms with Crippen LogP contribution in [-0.4, -0.2) is 38.9 Å². The van der Waals surface area contributed by atoms with Crippen molar-refractivity contribution in [2.75, 3.05) is 6.54 Å². The van der Waals surface area contributed by atoms with Crippen molar-refractivity contribution in [1.82, 2.24) is 15.3 Å². The van der Waals surface area contributed by atoms with Crippen LogP contribution >= 0.6 is 23.2 Å². The van der Waals surface area contributed by atoms with Gasteiger partial charge in [0.15, 0.2) is 0 Å². The van der Waals surface area contributed by atoms with Gasteiger partial charge in [0, 0.05) is 18.3 Å². The fraction of sp³-hybridized carbons (Fsp3) is 0.312. The summed E-state index contributed by atoms with van der Waals surface area (Å²) in [7, 11) is 0. The number of nitrogens with zero attached hydrogens (tertiary/aromatic N) is 2. The first-order valence-electron chi connectivity index (χ1n) is 7.46. The zero-order valence-electron chi connectivity index (χ0n) is 13.1. The van der Waals surface area contributed by atoms with Crippen LogP contribution < -0.4 is 5.32 Å². The highest BCUT2D eigenvalue weighted by molar-refractivity contribution is 6.32. The van der Waals surface area contributed by atoms with Crippen LogP contribution in [0.4, 0.5) is 4.79 Å². The number of carbonyl (C=O) groups is 1. The average molecular weight is 386 g/mol. The molecule has 9 heteroatoms. The molecule has 0 bridgehead atoms. The number of rotatable bonds is 7. The highest BCUT2D eigenvalue weighted by atomic mass is 35.5. The summed E-state index contributed by atoms with van der Waals surface area (Å²) in [5.41, 5.74) is 1.02. The summed E-state index contributed by atoms with van der Waals surface area (Å²) in [6.45, 7) is 0.257. The van der Waals surface area contributed by atoms with Crippen molar-refractivity contribution in [3.63, 3.8) is 0 Å². The summed E-state index contributed by atoms with van der Waals surface area (Å²) in [5.74, 6) is 0. The second-order valence-electron chi connectivity index (χ2n) is 5.17. The van der Waals surface area contributed by atoms with E-state index in [1.54, 1.807) is 0 Å². The van der Waals surface area contributed by atoms with Gasteiger partial charge in [-0.05, 0) is 23.6 Å². The summed E-state index contributed by atoms with van der Waals surface area (Å²) >= 11 is 11.4. The Morgan fingerprint density at radius 3 is 2.64 bits per heavy atom. The Morgan fingerprint density at radius 1 is 1.24 bits per heavy atom. The molecule has 25 heavy (non-hydrogen) atoms. The molecule has 1 aromatic carbocycles. The topological polar surface area (TPSA) is 105 Å². The van der Waals surface area contributed by atoms with Crippen molar-refractivity contribution < 1.29 is 19.7 Å². The first-order valence-corrected chi connectivity index (χ1v) is 8.21. The van der Waals surface area contributed by atoms with E-state index in [0.717, 1.165) is 5.56 Å². The van der Waals surface area contributed by atoms with Gasteiger partial charge in [-0.1, -0.05) is 41.9 Å². The maximum atomic E-state index is 11.6. The third-order valence-corrected chi connectivity index (χ3v) is 3.83. The monoisotopic (exact) mass is 385 g/mol. The molecule has 7 nitrogen and oxygen atoms in total. The van der Waals surface area contributed by atoms with Crippen LogP contribution in [0.1, 0.15) is 23.7 Å². The molecule has 0 radical (unpaired) electrons. The van der Waals surface area contributed by atoms with Gasteiger partial charge in [-0.25, -0.2) is 14.8 Å². The second-order valence-corrected chi connectivity index (χ2v) is 5.87. The Balaban J connectivity index is 1.74. The molecule has 0 aliphatic heterocycles. The zero-order valence-corrected chi connectivity index (χ0v) is 14.6. The molecule has 0 aliphatic rings. The maximum Gasteiger partial charge on any atom is 0.407 e. The summed E-state index contributed by atoms with van der Waals surface area (Å²) in [6, 6.07) is 9.24. The number of amides is 1. The molecule has 0 fully saturated rings. The molecule has 0 aliphatic carbocycles. The fourth-order valence-electron chi connectivity index (χ4n) is 2.01. The third kappa shape index (κ3) is 6.13. The number of carbonyl (C=O) groups excluding carboxylic acids is 1. The van der Waals surface area contributed by atoms with Crippen LogP contribution in [-0.2, 0) is 11.3 Å². The van der Waals surface area contributed by atoms with Gasteiger partial charge in [-0.2, -0.15) is 0 Å². The Hall–Kier alpha value is -1.93. The van der Waals surface area contributed by atoms with Gasteiger partial charge in [0.1, 0.15) is 17.9 Å². The van der Waals surface area contributed by atoms with Gasteiger partial charge >= 0.3 is 6.09 Å². The Labute approximate surface area is 154 Å². The van der Waals surface area contributed by atoms with Crippen molar-refractivity contribution in [3.8, 4) is 0 Å². The second kappa shape index (κ2) is 9.53. The molecule has 0 saturated carbocycles. The number of nitrogens with one attached hydrogen (secondary N) is 1. The van der Waals surface area contributed by atoms with E-state index in [1.807, 2.05) is 30.3 Å². The normalized spacial score (nSPS) is 13.1. The van der Waals surface area contributed by atoms with Gasteiger partial charge in [-0.15, -0.1) is 0 Å². The van der Waals surface area contributed by atoms with E-state index >= 15 is 0 Å². The Morgan fingerprint density at radius 2 is 1.96 bits per heavy atom. The van der Waals surface area contributed by atoms with E-state index in [0.29, 0.717) is 0 Å². The highest BCUT2D eigenvalue weighted by Crippen LogP contribution is 2.25. The average Bonchev–Trinajstić information content (AvgIpc) is 2.60. The number of halogens is 2. The zero-order chi connectivity index (χ0) is 18.2. The van der Waals surface area contributed by atoms with Crippen LogP contribution in [0.15, 0.2) is 36.5 Å². The van der Waals surface area contributed by atoms with Crippen molar-refractivity contribution in [2.45, 2.75) is 25.2 Å². The van der Waals surface area contributed by atoms with Crippen LogP contribution in [0.25, 0.3) is 0 Å². The van der Waals surface area contributed by atoms with Crippen LogP contribution in [0.2, 0.25) is 10.4 Å². The lowest BCUT2D eigenvalue weighted by atomic mass is 10.1. The lowest BCUT2D eigenvalue weighted by Crippen LogP contribution is -2.30. The number of alkyl carbamates (subject to hydrolysis) is 1. The van der Waals surface area contributed by atoms with E-state index in [1.165, 1.54) is 6.20 Å². The SMILES string of the molecule is O=C(NCCC(O)C(O)c1cnc(Cl)nc1Cl)OCc1ccccc1. The molecular weight excluding hydrogens is 369 g/mol. The number of aromatic nitrogens is 2. The molecule has 2 aromatic rings. The van der Waals surface area contributed by atoms with Gasteiger partial charge in [0.05, 0.1) is 6.10 Å². The summed E-state index contributed by atoms with van der Waals surface area (Å²) in [4.78, 5) is 19.0. The molecule has 0 saturated heterocycles. The van der Waals surface area contributed by atoms with E-state index in [4.69, 9.17) is 27.9 Å². The van der Waals surface area contributed by atoms with E-state index in [2.05, 4.69) is 15.3 Å². The molecule has 3 N–H and O–H groups in total. The Bertz CT molecular complexity index is 703. The first-order chi connectivity index (χ1) is 12.0. The highest BCUT2D eigenvalue weighted by Gasteiger charge is 2.22. The molecule has 134 valence electrons. The van der Waals surface area contributed by atoms with Crippen LogP contribution in [0.3, 0.4) is 0 Å². The number of aliphatic hydroxyl groups excluding tert-OH is 2. The molecular formula is C16H17Cl2N3O4. The molecule has 0 spiro atoms. The molecule has 2 atom stereocenters. The minimum atomic E-state index is -1.30. The van der Waals surface area contributed by atoms with Gasteiger partial charge < -0.3 is 20.3 Å². The number of hydrogen-bond acceptors (Lipinski definition) is 6.